The Kier molecular flexibility index (Phi) is 8.76. The van der Waals surface area contributed by atoms with Crippen LogP contribution in [0, 0.1) is 0 Å². The molecule has 10 heteroatoms. The first kappa shape index (κ1) is 25.8. The van der Waals surface area contributed by atoms with Gasteiger partial charge in [-0.2, -0.15) is 4.31 Å². The van der Waals surface area contributed by atoms with Gasteiger partial charge < -0.3 is 24.8 Å². The van der Waals surface area contributed by atoms with Crippen LogP contribution in [0.2, 0.25) is 0 Å². The number of nitrogens with one attached hydrogen (secondary N) is 2. The summed E-state index contributed by atoms with van der Waals surface area (Å²) in [5.74, 6) is 0.937. The molecular formula is C24H33N3O6S. The van der Waals surface area contributed by atoms with E-state index in [1.54, 1.807) is 42.5 Å². The Morgan fingerprint density at radius 3 is 2.18 bits per heavy atom. The van der Waals surface area contributed by atoms with E-state index in [9.17, 15) is 13.2 Å². The first-order chi connectivity index (χ1) is 16.2. The van der Waals surface area contributed by atoms with Crippen LogP contribution in [0.4, 0.5) is 11.4 Å². The van der Waals surface area contributed by atoms with Crippen molar-refractivity contribution in [2.45, 2.75) is 44.8 Å². The van der Waals surface area contributed by atoms with Crippen LogP contribution in [0.15, 0.2) is 47.4 Å². The zero-order valence-corrected chi connectivity index (χ0v) is 20.9. The fourth-order valence-electron chi connectivity index (χ4n) is 3.74. The third-order valence-electron chi connectivity index (χ3n) is 5.16. The van der Waals surface area contributed by atoms with Crippen LogP contribution < -0.4 is 20.1 Å². The number of hydrogen-bond donors (Lipinski definition) is 2. The average Bonchev–Trinajstić information content (AvgIpc) is 2.79. The molecule has 2 aromatic carbocycles. The quantitative estimate of drug-likeness (QED) is 0.525. The van der Waals surface area contributed by atoms with Gasteiger partial charge in [0, 0.05) is 30.5 Å². The Balaban J connectivity index is 1.58. The standard InChI is InChI=1S/C24H33N3O6S/c1-5-31-22-12-9-20(13-23(22)32-6-2)26-24(28)14-25-19-7-10-21(11-8-19)34(29,30)27-15-17(3)33-18(4)16-27/h7-13,17-18,25H,5-6,14-16H2,1-4H3,(H,26,28)/t17-,18-/m1/s1. The van der Waals surface area contributed by atoms with Crippen molar-refractivity contribution in [1.29, 1.82) is 0 Å². The maximum absolute atomic E-state index is 13.0. The summed E-state index contributed by atoms with van der Waals surface area (Å²) in [6.07, 6.45) is -0.309. The number of rotatable bonds is 10. The van der Waals surface area contributed by atoms with E-state index >= 15 is 0 Å². The molecular weight excluding hydrogens is 458 g/mol. The number of carbonyl (C=O) groups is 1. The lowest BCUT2D eigenvalue weighted by Crippen LogP contribution is -2.48. The molecule has 1 saturated heterocycles. The van der Waals surface area contributed by atoms with Crippen molar-refractivity contribution in [2.75, 3.05) is 43.5 Å². The second-order valence-corrected chi connectivity index (χ2v) is 9.97. The number of morpholine rings is 1. The first-order valence-electron chi connectivity index (χ1n) is 11.4. The Morgan fingerprint density at radius 2 is 1.56 bits per heavy atom. The van der Waals surface area contributed by atoms with Crippen molar-refractivity contribution in [3.63, 3.8) is 0 Å². The van der Waals surface area contributed by atoms with Crippen LogP contribution >= 0.6 is 0 Å². The molecule has 9 nitrogen and oxygen atoms in total. The molecule has 0 spiro atoms. The fraction of sp³-hybridized carbons (Fsp3) is 0.458. The fourth-order valence-corrected chi connectivity index (χ4v) is 5.33. The molecule has 0 unspecified atom stereocenters. The van der Waals surface area contributed by atoms with Crippen molar-refractivity contribution in [1.82, 2.24) is 4.31 Å². The Bertz CT molecular complexity index is 1060. The molecule has 2 atom stereocenters. The van der Waals surface area contributed by atoms with Crippen LogP contribution in [0.25, 0.3) is 0 Å². The van der Waals surface area contributed by atoms with Crippen LogP contribution in [-0.2, 0) is 19.6 Å². The summed E-state index contributed by atoms with van der Waals surface area (Å²) < 4.78 is 44.1. The molecule has 0 aromatic heterocycles. The van der Waals surface area contributed by atoms with E-state index in [0.717, 1.165) is 0 Å². The van der Waals surface area contributed by atoms with Gasteiger partial charge in [0.05, 0.1) is 36.9 Å². The number of benzene rings is 2. The van der Waals surface area contributed by atoms with Crippen molar-refractivity contribution in [3.05, 3.63) is 42.5 Å². The van der Waals surface area contributed by atoms with Crippen molar-refractivity contribution in [2.24, 2.45) is 0 Å². The molecule has 1 heterocycles. The van der Waals surface area contributed by atoms with Crippen molar-refractivity contribution in [3.8, 4) is 11.5 Å². The molecule has 0 aliphatic carbocycles. The molecule has 2 N–H and O–H groups in total. The zero-order valence-electron chi connectivity index (χ0n) is 20.0. The van der Waals surface area contributed by atoms with E-state index in [-0.39, 0.29) is 29.6 Å². The normalized spacial score (nSPS) is 18.8. The van der Waals surface area contributed by atoms with Gasteiger partial charge in [0.15, 0.2) is 11.5 Å². The molecule has 1 fully saturated rings. The number of sulfonamides is 1. The van der Waals surface area contributed by atoms with Crippen LogP contribution in [0.1, 0.15) is 27.7 Å². The van der Waals surface area contributed by atoms with Gasteiger partial charge in [0.2, 0.25) is 15.9 Å². The molecule has 1 aliphatic heterocycles. The first-order valence-corrected chi connectivity index (χ1v) is 12.9. The highest BCUT2D eigenvalue weighted by molar-refractivity contribution is 7.89. The smallest absolute Gasteiger partial charge is 0.243 e. The molecule has 0 saturated carbocycles. The molecule has 186 valence electrons. The molecule has 1 aliphatic rings. The van der Waals surface area contributed by atoms with Gasteiger partial charge in [-0.1, -0.05) is 0 Å². The second kappa shape index (κ2) is 11.5. The predicted molar refractivity (Wildman–Crippen MR) is 131 cm³/mol. The summed E-state index contributed by atoms with van der Waals surface area (Å²) in [5.41, 5.74) is 1.23. The summed E-state index contributed by atoms with van der Waals surface area (Å²) in [6.45, 7) is 9.15. The van der Waals surface area contributed by atoms with Crippen LogP contribution in [0.5, 0.6) is 11.5 Å². The van der Waals surface area contributed by atoms with Gasteiger partial charge in [-0.05, 0) is 64.1 Å². The van der Waals surface area contributed by atoms with Gasteiger partial charge in [-0.25, -0.2) is 8.42 Å². The van der Waals surface area contributed by atoms with E-state index in [1.165, 1.54) is 4.31 Å². The molecule has 0 radical (unpaired) electrons. The molecule has 1 amide bonds. The maximum Gasteiger partial charge on any atom is 0.243 e. The predicted octanol–water partition coefficient (Wildman–Crippen LogP) is 3.33. The highest BCUT2D eigenvalue weighted by Gasteiger charge is 2.32. The molecule has 34 heavy (non-hydrogen) atoms. The van der Waals surface area contributed by atoms with E-state index in [1.807, 2.05) is 27.7 Å². The largest absolute Gasteiger partial charge is 0.490 e. The monoisotopic (exact) mass is 491 g/mol. The molecule has 0 bridgehead atoms. The van der Waals surface area contributed by atoms with Gasteiger partial charge in [-0.15, -0.1) is 0 Å². The summed E-state index contributed by atoms with van der Waals surface area (Å²) in [7, 11) is -3.61. The highest BCUT2D eigenvalue weighted by atomic mass is 32.2. The third-order valence-corrected chi connectivity index (χ3v) is 7.00. The average molecular weight is 492 g/mol. The molecule has 3 rings (SSSR count). The number of hydrogen-bond acceptors (Lipinski definition) is 7. The van der Waals surface area contributed by atoms with Crippen LogP contribution in [0.3, 0.4) is 0 Å². The van der Waals surface area contributed by atoms with Gasteiger partial charge in [0.25, 0.3) is 0 Å². The van der Waals surface area contributed by atoms with Gasteiger partial charge in [0.1, 0.15) is 0 Å². The Morgan fingerprint density at radius 1 is 0.971 bits per heavy atom. The number of anilines is 2. The van der Waals surface area contributed by atoms with Crippen LogP contribution in [-0.4, -0.2) is 63.7 Å². The minimum atomic E-state index is -3.61. The summed E-state index contributed by atoms with van der Waals surface area (Å²) in [6, 6.07) is 11.6. The van der Waals surface area contributed by atoms with Crippen molar-refractivity contribution >= 4 is 27.3 Å². The molecule has 2 aromatic rings. The summed E-state index contributed by atoms with van der Waals surface area (Å²) in [5, 5.41) is 5.83. The zero-order chi connectivity index (χ0) is 24.7. The second-order valence-electron chi connectivity index (χ2n) is 8.03. The highest BCUT2D eigenvalue weighted by Crippen LogP contribution is 2.30. The number of ether oxygens (including phenoxy) is 3. The minimum Gasteiger partial charge on any atom is -0.490 e. The maximum atomic E-state index is 13.0. The summed E-state index contributed by atoms with van der Waals surface area (Å²) in [4.78, 5) is 12.6. The van der Waals surface area contributed by atoms with Gasteiger partial charge in [-0.3, -0.25) is 4.79 Å². The SMILES string of the molecule is CCOc1ccc(NC(=O)CNc2ccc(S(=O)(=O)N3C[C@@H](C)O[C@H](C)C3)cc2)cc1OCC. The lowest BCUT2D eigenvalue weighted by Gasteiger charge is -2.34. The minimum absolute atomic E-state index is 0.0156. The van der Waals surface area contributed by atoms with E-state index in [0.29, 0.717) is 49.2 Å². The lowest BCUT2D eigenvalue weighted by molar-refractivity contribution is -0.114. The van der Waals surface area contributed by atoms with E-state index in [4.69, 9.17) is 14.2 Å². The number of amides is 1. The van der Waals surface area contributed by atoms with E-state index < -0.39 is 10.0 Å². The van der Waals surface area contributed by atoms with E-state index in [2.05, 4.69) is 10.6 Å². The Labute approximate surface area is 201 Å². The third kappa shape index (κ3) is 6.62. The van der Waals surface area contributed by atoms with Gasteiger partial charge >= 0.3 is 0 Å². The number of nitrogens with zero attached hydrogens (tertiary/aromatic N) is 1. The number of carbonyl (C=O) groups excluding carboxylic acids is 1. The summed E-state index contributed by atoms with van der Waals surface area (Å²) >= 11 is 0. The topological polar surface area (TPSA) is 106 Å². The van der Waals surface area contributed by atoms with Crippen molar-refractivity contribution < 1.29 is 27.4 Å². The lowest BCUT2D eigenvalue weighted by atomic mass is 10.2. The Hall–Kier alpha value is -2.82.